The standard InChI is InChI=1S/C18H30N2O/c1-5-19-18(17-9-7-14(2)8-10-17)16(4)20-11-6-12-21-15(3)13-20/h7-10,15-16,18-19H,5-6,11-13H2,1-4H3. The van der Waals surface area contributed by atoms with Crippen molar-refractivity contribution in [2.75, 3.05) is 26.2 Å². The first-order valence-corrected chi connectivity index (χ1v) is 8.27. The Hall–Kier alpha value is -0.900. The van der Waals surface area contributed by atoms with Gasteiger partial charge in [0.2, 0.25) is 0 Å². The van der Waals surface area contributed by atoms with Gasteiger partial charge in [-0.05, 0) is 39.3 Å². The molecule has 0 saturated carbocycles. The molecular weight excluding hydrogens is 260 g/mol. The number of aryl methyl sites for hydroxylation is 1. The molecule has 1 fully saturated rings. The van der Waals surface area contributed by atoms with Crippen LogP contribution >= 0.6 is 0 Å². The van der Waals surface area contributed by atoms with E-state index >= 15 is 0 Å². The highest BCUT2D eigenvalue weighted by atomic mass is 16.5. The SMILES string of the molecule is CCNC(c1ccc(C)cc1)C(C)N1CCCOC(C)C1. The second-order valence-electron chi connectivity index (χ2n) is 6.22. The normalized spacial score (nSPS) is 23.5. The zero-order valence-electron chi connectivity index (χ0n) is 13.9. The Bertz CT molecular complexity index is 418. The molecule has 0 aromatic heterocycles. The Kier molecular flexibility index (Phi) is 6.22. The Morgan fingerprint density at radius 3 is 2.71 bits per heavy atom. The molecule has 0 amide bonds. The second-order valence-corrected chi connectivity index (χ2v) is 6.22. The van der Waals surface area contributed by atoms with Gasteiger partial charge in [-0.3, -0.25) is 4.90 Å². The average molecular weight is 290 g/mol. The number of hydrogen-bond donors (Lipinski definition) is 1. The lowest BCUT2D eigenvalue weighted by molar-refractivity contribution is 0.0582. The Balaban J connectivity index is 2.14. The van der Waals surface area contributed by atoms with E-state index in [4.69, 9.17) is 4.74 Å². The minimum atomic E-state index is 0.329. The van der Waals surface area contributed by atoms with E-state index in [1.807, 2.05) is 0 Å². The molecule has 3 nitrogen and oxygen atoms in total. The lowest BCUT2D eigenvalue weighted by Crippen LogP contribution is -2.45. The molecule has 118 valence electrons. The summed E-state index contributed by atoms with van der Waals surface area (Å²) < 4.78 is 5.78. The minimum absolute atomic E-state index is 0.329. The Labute approximate surface area is 129 Å². The summed E-state index contributed by atoms with van der Waals surface area (Å²) in [6, 6.07) is 9.78. The number of nitrogens with one attached hydrogen (secondary N) is 1. The molecule has 1 saturated heterocycles. The molecule has 1 aliphatic heterocycles. The molecule has 1 aromatic rings. The van der Waals surface area contributed by atoms with Gasteiger partial charge in [0.05, 0.1) is 6.10 Å². The maximum absolute atomic E-state index is 5.78. The van der Waals surface area contributed by atoms with Gasteiger partial charge in [-0.25, -0.2) is 0 Å². The van der Waals surface area contributed by atoms with E-state index in [1.165, 1.54) is 11.1 Å². The summed E-state index contributed by atoms with van der Waals surface area (Å²) >= 11 is 0. The third-order valence-electron chi connectivity index (χ3n) is 4.40. The van der Waals surface area contributed by atoms with Crippen LogP contribution in [0.2, 0.25) is 0 Å². The van der Waals surface area contributed by atoms with E-state index in [0.717, 1.165) is 32.7 Å². The van der Waals surface area contributed by atoms with Crippen molar-refractivity contribution in [3.05, 3.63) is 35.4 Å². The molecule has 0 spiro atoms. The van der Waals surface area contributed by atoms with Crippen molar-refractivity contribution < 1.29 is 4.74 Å². The molecule has 1 N–H and O–H groups in total. The van der Waals surface area contributed by atoms with Crippen molar-refractivity contribution in [3.8, 4) is 0 Å². The zero-order valence-corrected chi connectivity index (χ0v) is 13.9. The van der Waals surface area contributed by atoms with E-state index in [9.17, 15) is 0 Å². The molecule has 21 heavy (non-hydrogen) atoms. The van der Waals surface area contributed by atoms with Crippen LogP contribution in [0.5, 0.6) is 0 Å². The van der Waals surface area contributed by atoms with Crippen LogP contribution in [0.15, 0.2) is 24.3 Å². The number of nitrogens with zero attached hydrogens (tertiary/aromatic N) is 1. The molecule has 1 aromatic carbocycles. The van der Waals surface area contributed by atoms with E-state index in [1.54, 1.807) is 0 Å². The molecule has 3 atom stereocenters. The zero-order chi connectivity index (χ0) is 15.2. The van der Waals surface area contributed by atoms with Gasteiger partial charge >= 0.3 is 0 Å². The highest BCUT2D eigenvalue weighted by molar-refractivity contribution is 5.25. The van der Waals surface area contributed by atoms with E-state index < -0.39 is 0 Å². The van der Waals surface area contributed by atoms with Gasteiger partial charge in [-0.2, -0.15) is 0 Å². The topological polar surface area (TPSA) is 24.5 Å². The fourth-order valence-corrected chi connectivity index (χ4v) is 3.17. The molecule has 1 aliphatic rings. The van der Waals surface area contributed by atoms with Crippen LogP contribution in [0.1, 0.15) is 44.4 Å². The van der Waals surface area contributed by atoms with Crippen LogP contribution in [-0.4, -0.2) is 43.3 Å². The summed E-state index contributed by atoms with van der Waals surface area (Å²) in [7, 11) is 0. The fraction of sp³-hybridized carbons (Fsp3) is 0.667. The third-order valence-corrected chi connectivity index (χ3v) is 4.40. The summed E-state index contributed by atoms with van der Waals surface area (Å²) in [6.07, 6.45) is 1.46. The molecule has 0 radical (unpaired) electrons. The number of rotatable bonds is 5. The molecule has 0 bridgehead atoms. The summed E-state index contributed by atoms with van der Waals surface area (Å²) in [4.78, 5) is 2.57. The summed E-state index contributed by atoms with van der Waals surface area (Å²) in [6.45, 7) is 12.9. The summed E-state index contributed by atoms with van der Waals surface area (Å²) in [5.74, 6) is 0. The first kappa shape index (κ1) is 16.5. The largest absolute Gasteiger partial charge is 0.377 e. The maximum Gasteiger partial charge on any atom is 0.0674 e. The van der Waals surface area contributed by atoms with Crippen LogP contribution in [0.3, 0.4) is 0 Å². The van der Waals surface area contributed by atoms with Crippen molar-refractivity contribution in [2.45, 2.75) is 52.3 Å². The number of likely N-dealkylation sites (N-methyl/N-ethyl adjacent to an activating group) is 1. The summed E-state index contributed by atoms with van der Waals surface area (Å²) in [5, 5.41) is 3.67. The first-order chi connectivity index (χ1) is 10.1. The molecular formula is C18H30N2O. The van der Waals surface area contributed by atoms with Gasteiger partial charge in [-0.15, -0.1) is 0 Å². The van der Waals surface area contributed by atoms with Crippen LogP contribution in [0.25, 0.3) is 0 Å². The van der Waals surface area contributed by atoms with Gasteiger partial charge in [0.25, 0.3) is 0 Å². The predicted octanol–water partition coefficient (Wildman–Crippen LogP) is 3.14. The first-order valence-electron chi connectivity index (χ1n) is 8.27. The van der Waals surface area contributed by atoms with Crippen LogP contribution in [-0.2, 0) is 4.74 Å². The van der Waals surface area contributed by atoms with Gasteiger partial charge < -0.3 is 10.1 Å². The molecule has 2 rings (SSSR count). The fourth-order valence-electron chi connectivity index (χ4n) is 3.17. The van der Waals surface area contributed by atoms with Crippen molar-refractivity contribution in [1.29, 1.82) is 0 Å². The average Bonchev–Trinajstić information content (AvgIpc) is 2.70. The van der Waals surface area contributed by atoms with Crippen LogP contribution < -0.4 is 5.32 Å². The van der Waals surface area contributed by atoms with E-state index in [0.29, 0.717) is 18.2 Å². The lowest BCUT2D eigenvalue weighted by Gasteiger charge is -2.35. The highest BCUT2D eigenvalue weighted by Crippen LogP contribution is 2.23. The summed E-state index contributed by atoms with van der Waals surface area (Å²) in [5.41, 5.74) is 2.70. The van der Waals surface area contributed by atoms with Crippen molar-refractivity contribution in [1.82, 2.24) is 10.2 Å². The number of ether oxygens (including phenoxy) is 1. The Morgan fingerprint density at radius 2 is 2.05 bits per heavy atom. The van der Waals surface area contributed by atoms with Gasteiger partial charge in [0.15, 0.2) is 0 Å². The van der Waals surface area contributed by atoms with Crippen molar-refractivity contribution >= 4 is 0 Å². The lowest BCUT2D eigenvalue weighted by atomic mass is 9.97. The number of benzene rings is 1. The monoisotopic (exact) mass is 290 g/mol. The maximum atomic E-state index is 5.78. The van der Waals surface area contributed by atoms with E-state index in [2.05, 4.69) is 62.2 Å². The van der Waals surface area contributed by atoms with Crippen LogP contribution in [0.4, 0.5) is 0 Å². The van der Waals surface area contributed by atoms with Crippen LogP contribution in [0, 0.1) is 6.92 Å². The molecule has 1 heterocycles. The van der Waals surface area contributed by atoms with E-state index in [-0.39, 0.29) is 0 Å². The third kappa shape index (κ3) is 4.53. The minimum Gasteiger partial charge on any atom is -0.377 e. The number of hydrogen-bond acceptors (Lipinski definition) is 3. The molecule has 3 unspecified atom stereocenters. The Morgan fingerprint density at radius 1 is 1.33 bits per heavy atom. The predicted molar refractivity (Wildman–Crippen MR) is 88.7 cm³/mol. The quantitative estimate of drug-likeness (QED) is 0.901. The molecule has 0 aliphatic carbocycles. The van der Waals surface area contributed by atoms with Gasteiger partial charge in [-0.1, -0.05) is 36.8 Å². The van der Waals surface area contributed by atoms with Gasteiger partial charge in [0.1, 0.15) is 0 Å². The highest BCUT2D eigenvalue weighted by Gasteiger charge is 2.26. The second kappa shape index (κ2) is 7.92. The smallest absolute Gasteiger partial charge is 0.0674 e. The molecule has 3 heteroatoms. The van der Waals surface area contributed by atoms with Crippen molar-refractivity contribution in [3.63, 3.8) is 0 Å². The van der Waals surface area contributed by atoms with Gasteiger partial charge in [0, 0.05) is 31.8 Å². The van der Waals surface area contributed by atoms with Crippen molar-refractivity contribution in [2.24, 2.45) is 0 Å².